The number of nitrogens with two attached hydrogens (primary N) is 1. The van der Waals surface area contributed by atoms with Crippen LogP contribution in [-0.4, -0.2) is 38.5 Å². The molecule has 1 unspecified atom stereocenters. The van der Waals surface area contributed by atoms with Crippen LogP contribution in [0.4, 0.5) is 0 Å². The molecule has 1 atom stereocenters. The van der Waals surface area contributed by atoms with Crippen LogP contribution in [0.15, 0.2) is 0 Å². The summed E-state index contributed by atoms with van der Waals surface area (Å²) in [4.78, 5) is 11.9. The average Bonchev–Trinajstić information content (AvgIpc) is 2.40. The van der Waals surface area contributed by atoms with E-state index in [9.17, 15) is 4.79 Å². The monoisotopic (exact) mass is 302 g/mol. The molecule has 0 fully saturated rings. The van der Waals surface area contributed by atoms with Crippen molar-refractivity contribution in [1.82, 2.24) is 5.32 Å². The molecule has 3 N–H and O–H groups in total. The third kappa shape index (κ3) is 9.82. The maximum Gasteiger partial charge on any atom is 0.220 e. The highest BCUT2D eigenvalue weighted by molar-refractivity contribution is 5.75. The van der Waals surface area contributed by atoms with Gasteiger partial charge in [-0.2, -0.15) is 0 Å². The zero-order valence-corrected chi connectivity index (χ0v) is 14.4. The van der Waals surface area contributed by atoms with E-state index in [2.05, 4.69) is 26.1 Å². The van der Waals surface area contributed by atoms with E-state index in [0.717, 1.165) is 12.8 Å². The Morgan fingerprint density at radius 2 is 1.71 bits per heavy atom. The zero-order chi connectivity index (χ0) is 16.3. The maximum absolute atomic E-state index is 11.9. The van der Waals surface area contributed by atoms with Crippen molar-refractivity contribution in [2.75, 3.05) is 26.3 Å². The second-order valence-corrected chi connectivity index (χ2v) is 6.32. The molecule has 0 aromatic heterocycles. The maximum atomic E-state index is 11.9. The van der Waals surface area contributed by atoms with E-state index < -0.39 is 0 Å². The normalized spacial score (nSPS) is 13.5. The molecule has 5 heteroatoms. The van der Waals surface area contributed by atoms with Crippen molar-refractivity contribution in [3.05, 3.63) is 0 Å². The molecule has 21 heavy (non-hydrogen) atoms. The number of carbonyl (C=O) groups excluding carboxylic acids is 1. The van der Waals surface area contributed by atoms with Crippen molar-refractivity contribution in [2.45, 2.75) is 60.2 Å². The van der Waals surface area contributed by atoms with Crippen LogP contribution in [0.25, 0.3) is 0 Å². The van der Waals surface area contributed by atoms with E-state index >= 15 is 0 Å². The minimum absolute atomic E-state index is 0.0469. The minimum Gasteiger partial charge on any atom is -0.351 e. The molecular weight excluding hydrogens is 268 g/mol. The van der Waals surface area contributed by atoms with Crippen molar-refractivity contribution in [3.8, 4) is 0 Å². The summed E-state index contributed by atoms with van der Waals surface area (Å²) in [5.74, 6) is 0.508. The number of hydrogen-bond donors (Lipinski definition) is 2. The Balaban J connectivity index is 4.12. The Hall–Kier alpha value is -0.650. The highest BCUT2D eigenvalue weighted by Gasteiger charge is 2.24. The molecule has 5 nitrogen and oxygen atoms in total. The molecule has 0 aliphatic heterocycles. The number of amides is 1. The van der Waals surface area contributed by atoms with E-state index in [0.29, 0.717) is 38.6 Å². The molecule has 0 aromatic rings. The van der Waals surface area contributed by atoms with Crippen LogP contribution >= 0.6 is 0 Å². The van der Waals surface area contributed by atoms with Gasteiger partial charge in [-0.05, 0) is 44.6 Å². The molecule has 0 spiro atoms. The average molecular weight is 302 g/mol. The van der Waals surface area contributed by atoms with Crippen molar-refractivity contribution in [3.63, 3.8) is 0 Å². The molecule has 0 radical (unpaired) electrons. The van der Waals surface area contributed by atoms with E-state index in [4.69, 9.17) is 15.2 Å². The highest BCUT2D eigenvalue weighted by atomic mass is 16.7. The number of hydrogen-bond acceptors (Lipinski definition) is 4. The first-order chi connectivity index (χ1) is 9.85. The summed E-state index contributed by atoms with van der Waals surface area (Å²) in [7, 11) is 0. The molecule has 0 aliphatic carbocycles. The molecule has 126 valence electrons. The van der Waals surface area contributed by atoms with Gasteiger partial charge in [0.15, 0.2) is 6.29 Å². The third-order valence-electron chi connectivity index (χ3n) is 3.63. The lowest BCUT2D eigenvalue weighted by Crippen LogP contribution is -2.36. The van der Waals surface area contributed by atoms with E-state index in [-0.39, 0.29) is 17.6 Å². The van der Waals surface area contributed by atoms with Gasteiger partial charge in [0.25, 0.3) is 0 Å². The molecule has 0 aromatic carbocycles. The van der Waals surface area contributed by atoms with Gasteiger partial charge in [-0.1, -0.05) is 20.8 Å². The molecule has 1 amide bonds. The predicted octanol–water partition coefficient (Wildman–Crippen LogP) is 2.29. The largest absolute Gasteiger partial charge is 0.351 e. The lowest BCUT2D eigenvalue weighted by atomic mass is 9.76. The zero-order valence-electron chi connectivity index (χ0n) is 14.4. The summed E-state index contributed by atoms with van der Waals surface area (Å²) in [5, 5.41) is 2.88. The van der Waals surface area contributed by atoms with E-state index in [1.165, 1.54) is 0 Å². The van der Waals surface area contributed by atoms with Gasteiger partial charge < -0.3 is 20.5 Å². The Labute approximate surface area is 129 Å². The van der Waals surface area contributed by atoms with Crippen molar-refractivity contribution >= 4 is 5.91 Å². The Kier molecular flexibility index (Phi) is 10.6. The fourth-order valence-corrected chi connectivity index (χ4v) is 2.34. The Bertz CT molecular complexity index is 271. The standard InChI is InChI=1S/C16H34N2O3/c1-6-20-15(21-7-2)12-18-14(19)9-8-13(10-11-17)16(3,4)5/h13,15H,6-12,17H2,1-5H3,(H,18,19). The van der Waals surface area contributed by atoms with Crippen molar-refractivity contribution < 1.29 is 14.3 Å². The predicted molar refractivity (Wildman–Crippen MR) is 85.9 cm³/mol. The van der Waals surface area contributed by atoms with Crippen molar-refractivity contribution in [2.24, 2.45) is 17.1 Å². The number of nitrogens with one attached hydrogen (secondary N) is 1. The topological polar surface area (TPSA) is 73.6 Å². The third-order valence-corrected chi connectivity index (χ3v) is 3.63. The molecule has 0 rings (SSSR count). The van der Waals surface area contributed by atoms with Crippen LogP contribution in [0.3, 0.4) is 0 Å². The summed E-state index contributed by atoms with van der Waals surface area (Å²) >= 11 is 0. The van der Waals surface area contributed by atoms with Gasteiger partial charge in [0.05, 0.1) is 6.54 Å². The molecule has 0 saturated heterocycles. The summed E-state index contributed by atoms with van der Waals surface area (Å²) < 4.78 is 10.8. The lowest BCUT2D eigenvalue weighted by molar-refractivity contribution is -0.140. The summed E-state index contributed by atoms with van der Waals surface area (Å²) in [6, 6.07) is 0. The van der Waals surface area contributed by atoms with Gasteiger partial charge in [0, 0.05) is 19.6 Å². The number of ether oxygens (including phenoxy) is 2. The van der Waals surface area contributed by atoms with Crippen LogP contribution in [0.5, 0.6) is 0 Å². The first-order valence-corrected chi connectivity index (χ1v) is 8.05. The summed E-state index contributed by atoms with van der Waals surface area (Å²) in [6.45, 7) is 12.6. The fourth-order valence-electron chi connectivity index (χ4n) is 2.34. The van der Waals surface area contributed by atoms with E-state index in [1.807, 2.05) is 13.8 Å². The first-order valence-electron chi connectivity index (χ1n) is 8.05. The fraction of sp³-hybridized carbons (Fsp3) is 0.938. The Morgan fingerprint density at radius 1 is 1.14 bits per heavy atom. The SMILES string of the molecule is CCOC(CNC(=O)CCC(CCN)C(C)(C)C)OCC. The van der Waals surface area contributed by atoms with Crippen LogP contribution in [-0.2, 0) is 14.3 Å². The summed E-state index contributed by atoms with van der Waals surface area (Å²) in [5.41, 5.74) is 5.84. The highest BCUT2D eigenvalue weighted by Crippen LogP contribution is 2.31. The van der Waals surface area contributed by atoms with Crippen LogP contribution < -0.4 is 11.1 Å². The smallest absolute Gasteiger partial charge is 0.220 e. The minimum atomic E-state index is -0.355. The second kappa shape index (κ2) is 11.0. The second-order valence-electron chi connectivity index (χ2n) is 6.32. The van der Waals surface area contributed by atoms with Crippen molar-refractivity contribution in [1.29, 1.82) is 0 Å². The van der Waals surface area contributed by atoms with Crippen LogP contribution in [0.1, 0.15) is 53.9 Å². The van der Waals surface area contributed by atoms with Crippen LogP contribution in [0, 0.1) is 11.3 Å². The lowest BCUT2D eigenvalue weighted by Gasteiger charge is -2.30. The number of rotatable bonds is 11. The number of carbonyl (C=O) groups is 1. The first kappa shape index (κ1) is 20.3. The molecule has 0 aliphatic rings. The van der Waals surface area contributed by atoms with Gasteiger partial charge in [-0.25, -0.2) is 0 Å². The van der Waals surface area contributed by atoms with Gasteiger partial charge in [0.2, 0.25) is 5.91 Å². The van der Waals surface area contributed by atoms with Gasteiger partial charge in [-0.3, -0.25) is 4.79 Å². The van der Waals surface area contributed by atoms with Gasteiger partial charge >= 0.3 is 0 Å². The quantitative estimate of drug-likeness (QED) is 0.574. The van der Waals surface area contributed by atoms with Crippen LogP contribution in [0.2, 0.25) is 0 Å². The summed E-state index contributed by atoms with van der Waals surface area (Å²) in [6.07, 6.45) is 1.98. The molecule has 0 heterocycles. The molecule has 0 saturated carbocycles. The Morgan fingerprint density at radius 3 is 2.14 bits per heavy atom. The van der Waals surface area contributed by atoms with E-state index in [1.54, 1.807) is 0 Å². The van der Waals surface area contributed by atoms with Gasteiger partial charge in [0.1, 0.15) is 0 Å². The van der Waals surface area contributed by atoms with Gasteiger partial charge in [-0.15, -0.1) is 0 Å². The molecular formula is C16H34N2O3. The molecule has 0 bridgehead atoms.